The molecule has 2 aromatic heterocycles. The Kier molecular flexibility index (Phi) is 6.55. The normalized spacial score (nSPS) is 12.6. The molecule has 4 aromatic rings. The molecule has 1 unspecified atom stereocenters. The Bertz CT molecular complexity index is 1580. The second kappa shape index (κ2) is 9.41. The number of hydrogen-bond donors (Lipinski definition) is 2. The second-order valence-electron chi connectivity index (χ2n) is 7.53. The first-order valence-electron chi connectivity index (χ1n) is 10.2. The summed E-state index contributed by atoms with van der Waals surface area (Å²) in [6.07, 6.45) is 1.61. The molecule has 0 spiro atoms. The van der Waals surface area contributed by atoms with Gasteiger partial charge in [0.25, 0.3) is 5.56 Å². The van der Waals surface area contributed by atoms with Crippen LogP contribution in [0.3, 0.4) is 0 Å². The fraction of sp³-hybridized carbons (Fsp3) is 0.182. The van der Waals surface area contributed by atoms with E-state index in [1.165, 1.54) is 28.5 Å². The first-order valence-corrected chi connectivity index (χ1v) is 12.8. The summed E-state index contributed by atoms with van der Waals surface area (Å²) in [4.78, 5) is 25.5. The van der Waals surface area contributed by atoms with Gasteiger partial charge in [-0.05, 0) is 36.8 Å². The van der Waals surface area contributed by atoms with Crippen LogP contribution in [-0.2, 0) is 21.4 Å². The molecule has 1 amide bonds. The van der Waals surface area contributed by atoms with E-state index in [0.29, 0.717) is 27.4 Å². The van der Waals surface area contributed by atoms with Crippen LogP contribution >= 0.6 is 11.8 Å². The number of sulfonamides is 1. The van der Waals surface area contributed by atoms with Crippen LogP contribution in [0.4, 0.5) is 0 Å². The molecule has 2 heterocycles. The zero-order valence-corrected chi connectivity index (χ0v) is 19.8. The van der Waals surface area contributed by atoms with Crippen molar-refractivity contribution >= 4 is 44.4 Å². The number of carbonyl (C=O) groups is 1. The maximum Gasteiger partial charge on any atom is 0.263 e. The molecule has 34 heavy (non-hydrogen) atoms. The summed E-state index contributed by atoms with van der Waals surface area (Å²) in [6, 6.07) is 12.8. The molecule has 3 N–H and O–H groups in total. The van der Waals surface area contributed by atoms with Crippen molar-refractivity contribution in [2.45, 2.75) is 29.6 Å². The Balaban J connectivity index is 1.57. The van der Waals surface area contributed by atoms with Crippen LogP contribution in [0.1, 0.15) is 18.5 Å². The van der Waals surface area contributed by atoms with Gasteiger partial charge < -0.3 is 5.32 Å². The number of nitrogens with two attached hydrogens (primary N) is 1. The summed E-state index contributed by atoms with van der Waals surface area (Å²) in [6.45, 7) is 5.72. The highest BCUT2D eigenvalue weighted by molar-refractivity contribution is 7.99. The van der Waals surface area contributed by atoms with Crippen molar-refractivity contribution in [3.8, 4) is 0 Å². The van der Waals surface area contributed by atoms with Crippen LogP contribution in [0.2, 0.25) is 0 Å². The molecule has 12 heteroatoms. The molecule has 176 valence electrons. The number of thioether (sulfide) groups is 1. The standard InChI is InChI=1S/C22H22N6O4S2/c1-3-11-27-20(30)17-9-4-5-10-18(17)28-21(27)25-26-22(28)33-13-19(29)24-14(2)15-7-6-8-16(12-15)34(23,31)32/h3-10,12,14H,1,11,13H2,2H3,(H,24,29)(H2,23,31,32). The van der Waals surface area contributed by atoms with Crippen LogP contribution in [0, 0.1) is 0 Å². The monoisotopic (exact) mass is 498 g/mol. The Morgan fingerprint density at radius 3 is 2.74 bits per heavy atom. The van der Waals surface area contributed by atoms with E-state index in [2.05, 4.69) is 22.1 Å². The Labute approximate surface area is 199 Å². The van der Waals surface area contributed by atoms with Gasteiger partial charge in [0.2, 0.25) is 21.7 Å². The van der Waals surface area contributed by atoms with E-state index in [0.717, 1.165) is 0 Å². The third-order valence-electron chi connectivity index (χ3n) is 5.19. The Morgan fingerprint density at radius 1 is 1.24 bits per heavy atom. The molecule has 0 aliphatic carbocycles. The number of para-hydroxylation sites is 1. The van der Waals surface area contributed by atoms with Crippen LogP contribution in [0.15, 0.2) is 76.0 Å². The minimum absolute atomic E-state index is 0.0205. The predicted octanol–water partition coefficient (Wildman–Crippen LogP) is 1.85. The molecule has 0 aliphatic rings. The third-order valence-corrected chi connectivity index (χ3v) is 7.03. The largest absolute Gasteiger partial charge is 0.349 e. The third kappa shape index (κ3) is 4.60. The van der Waals surface area contributed by atoms with Gasteiger partial charge in [-0.2, -0.15) is 0 Å². The number of amides is 1. The summed E-state index contributed by atoms with van der Waals surface area (Å²) < 4.78 is 26.4. The Hall–Kier alpha value is -3.48. The highest BCUT2D eigenvalue weighted by atomic mass is 32.2. The van der Waals surface area contributed by atoms with Crippen LogP contribution in [0.5, 0.6) is 0 Å². The van der Waals surface area contributed by atoms with Gasteiger partial charge in [-0.15, -0.1) is 16.8 Å². The lowest BCUT2D eigenvalue weighted by atomic mass is 10.1. The molecule has 0 saturated heterocycles. The summed E-state index contributed by atoms with van der Waals surface area (Å²) in [5, 5.41) is 17.4. The number of rotatable bonds is 8. The lowest BCUT2D eigenvalue weighted by molar-refractivity contribution is -0.119. The summed E-state index contributed by atoms with van der Waals surface area (Å²) in [5.74, 6) is 0.119. The average Bonchev–Trinajstić information content (AvgIpc) is 3.24. The lowest BCUT2D eigenvalue weighted by Crippen LogP contribution is -2.28. The van der Waals surface area contributed by atoms with E-state index in [9.17, 15) is 18.0 Å². The van der Waals surface area contributed by atoms with Gasteiger partial charge in [-0.3, -0.25) is 18.6 Å². The van der Waals surface area contributed by atoms with Gasteiger partial charge in [0.1, 0.15) is 0 Å². The molecular weight excluding hydrogens is 476 g/mol. The highest BCUT2D eigenvalue weighted by Crippen LogP contribution is 2.22. The number of aromatic nitrogens is 4. The quantitative estimate of drug-likeness (QED) is 0.279. The number of benzene rings is 2. The van der Waals surface area contributed by atoms with Crippen molar-refractivity contribution in [1.82, 2.24) is 24.5 Å². The lowest BCUT2D eigenvalue weighted by Gasteiger charge is -2.15. The van der Waals surface area contributed by atoms with Crippen LogP contribution in [0.25, 0.3) is 16.7 Å². The van der Waals surface area contributed by atoms with Crippen LogP contribution in [-0.4, -0.2) is 39.2 Å². The smallest absolute Gasteiger partial charge is 0.263 e. The van der Waals surface area contributed by atoms with Gasteiger partial charge in [0.05, 0.1) is 27.6 Å². The SMILES string of the molecule is C=CCn1c(=O)c2ccccc2n2c(SCC(=O)NC(C)c3cccc(S(N)(=O)=O)c3)nnc12. The van der Waals surface area contributed by atoms with Crippen molar-refractivity contribution in [2.24, 2.45) is 5.14 Å². The van der Waals surface area contributed by atoms with Gasteiger partial charge in [-0.1, -0.05) is 42.1 Å². The number of hydrogen-bond acceptors (Lipinski definition) is 7. The average molecular weight is 499 g/mol. The van der Waals surface area contributed by atoms with Crippen molar-refractivity contribution < 1.29 is 13.2 Å². The molecule has 0 aliphatic heterocycles. The topological polar surface area (TPSA) is 141 Å². The first-order chi connectivity index (χ1) is 16.2. The van der Waals surface area contributed by atoms with E-state index in [-0.39, 0.29) is 28.7 Å². The van der Waals surface area contributed by atoms with Gasteiger partial charge in [0.15, 0.2) is 5.16 Å². The number of nitrogens with one attached hydrogen (secondary N) is 1. The molecule has 4 rings (SSSR count). The van der Waals surface area contributed by atoms with Crippen molar-refractivity contribution in [2.75, 3.05) is 5.75 Å². The number of allylic oxidation sites excluding steroid dienone is 1. The fourth-order valence-corrected chi connectivity index (χ4v) is 4.90. The second-order valence-corrected chi connectivity index (χ2v) is 10.0. The van der Waals surface area contributed by atoms with Gasteiger partial charge >= 0.3 is 0 Å². The fourth-order valence-electron chi connectivity index (χ4n) is 3.58. The van der Waals surface area contributed by atoms with E-state index in [1.54, 1.807) is 47.7 Å². The number of carbonyl (C=O) groups excluding carboxylic acids is 1. The first kappa shape index (κ1) is 23.7. The van der Waals surface area contributed by atoms with Crippen molar-refractivity contribution in [1.29, 1.82) is 0 Å². The maximum atomic E-state index is 12.9. The van der Waals surface area contributed by atoms with Crippen molar-refractivity contribution in [3.63, 3.8) is 0 Å². The van der Waals surface area contributed by atoms with Crippen LogP contribution < -0.4 is 16.0 Å². The number of primary sulfonamides is 1. The van der Waals surface area contributed by atoms with E-state index in [4.69, 9.17) is 5.14 Å². The Morgan fingerprint density at radius 2 is 2.00 bits per heavy atom. The summed E-state index contributed by atoms with van der Waals surface area (Å²) >= 11 is 1.18. The molecule has 0 fully saturated rings. The molecule has 0 bridgehead atoms. The summed E-state index contributed by atoms with van der Waals surface area (Å²) in [5.41, 5.74) is 1.06. The minimum Gasteiger partial charge on any atom is -0.349 e. The van der Waals surface area contributed by atoms with E-state index < -0.39 is 16.1 Å². The number of nitrogens with zero attached hydrogens (tertiary/aromatic N) is 4. The summed E-state index contributed by atoms with van der Waals surface area (Å²) in [7, 11) is -3.84. The molecule has 1 atom stereocenters. The minimum atomic E-state index is -3.84. The zero-order valence-electron chi connectivity index (χ0n) is 18.2. The highest BCUT2D eigenvalue weighted by Gasteiger charge is 2.18. The van der Waals surface area contributed by atoms with Gasteiger partial charge in [0, 0.05) is 6.54 Å². The zero-order chi connectivity index (χ0) is 24.5. The molecular formula is C22H22N6O4S2. The van der Waals surface area contributed by atoms with E-state index in [1.807, 2.05) is 6.07 Å². The van der Waals surface area contributed by atoms with E-state index >= 15 is 0 Å². The molecule has 0 saturated carbocycles. The molecule has 10 nitrogen and oxygen atoms in total. The van der Waals surface area contributed by atoms with Gasteiger partial charge in [-0.25, -0.2) is 13.6 Å². The predicted molar refractivity (Wildman–Crippen MR) is 130 cm³/mol. The maximum absolute atomic E-state index is 12.9. The van der Waals surface area contributed by atoms with Crippen molar-refractivity contribution in [3.05, 3.63) is 77.1 Å². The molecule has 2 aromatic carbocycles. The molecule has 0 radical (unpaired) electrons. The number of fused-ring (bicyclic) bond motifs is 3.